The Hall–Kier alpha value is -3.72. The smallest absolute Gasteiger partial charge is 0.339 e. The zero-order valence-electron chi connectivity index (χ0n) is 16.8. The maximum atomic E-state index is 13.0. The highest BCUT2D eigenvalue weighted by Crippen LogP contribution is 2.19. The van der Waals surface area contributed by atoms with Gasteiger partial charge in [-0.3, -0.25) is 4.79 Å². The third kappa shape index (κ3) is 5.89. The molecule has 0 aliphatic rings. The van der Waals surface area contributed by atoms with E-state index in [9.17, 15) is 17.6 Å². The Morgan fingerprint density at radius 2 is 1.58 bits per heavy atom. The molecule has 3 aromatic rings. The Labute approximate surface area is 179 Å². The van der Waals surface area contributed by atoms with Crippen LogP contribution in [0.2, 0.25) is 0 Å². The van der Waals surface area contributed by atoms with Crippen LogP contribution in [-0.4, -0.2) is 34.6 Å². The topological polar surface area (TPSA) is 88.1 Å². The van der Waals surface area contributed by atoms with Crippen LogP contribution in [0, 0.1) is 5.82 Å². The van der Waals surface area contributed by atoms with E-state index in [1.54, 1.807) is 24.3 Å². The third-order valence-corrected chi connectivity index (χ3v) is 5.48. The number of nitrogens with zero attached hydrogens (tertiary/aromatic N) is 2. The summed E-state index contributed by atoms with van der Waals surface area (Å²) in [5.41, 5.74) is 4.50. The van der Waals surface area contributed by atoms with E-state index < -0.39 is 15.9 Å². The lowest BCUT2D eigenvalue weighted by Gasteiger charge is -2.12. The summed E-state index contributed by atoms with van der Waals surface area (Å²) in [7, 11) is -0.249. The van der Waals surface area contributed by atoms with Crippen molar-refractivity contribution in [1.29, 1.82) is 0 Å². The number of benzene rings is 3. The van der Waals surface area contributed by atoms with Crippen molar-refractivity contribution in [1.82, 2.24) is 5.43 Å². The third-order valence-electron chi connectivity index (χ3n) is 4.21. The Bertz CT molecular complexity index is 1170. The lowest BCUT2D eigenvalue weighted by Crippen LogP contribution is -2.18. The first kappa shape index (κ1) is 22.0. The fourth-order valence-corrected chi connectivity index (χ4v) is 3.46. The van der Waals surface area contributed by atoms with Gasteiger partial charge in [0.15, 0.2) is 0 Å². The van der Waals surface area contributed by atoms with Crippen LogP contribution >= 0.6 is 0 Å². The highest BCUT2D eigenvalue weighted by molar-refractivity contribution is 7.87. The molecule has 0 radical (unpaired) electrons. The molecule has 0 aliphatic heterocycles. The van der Waals surface area contributed by atoms with E-state index in [0.717, 1.165) is 30.0 Å². The van der Waals surface area contributed by atoms with Crippen LogP contribution in [0.1, 0.15) is 15.9 Å². The number of hydrogen-bond donors (Lipinski definition) is 1. The first-order valence-electron chi connectivity index (χ1n) is 9.15. The fourth-order valence-electron chi connectivity index (χ4n) is 2.53. The maximum absolute atomic E-state index is 13.0. The van der Waals surface area contributed by atoms with Gasteiger partial charge < -0.3 is 9.08 Å². The molecular formula is C22H20FN3O4S. The number of anilines is 1. The molecule has 0 fully saturated rings. The van der Waals surface area contributed by atoms with Crippen molar-refractivity contribution in [3.63, 3.8) is 0 Å². The van der Waals surface area contributed by atoms with Gasteiger partial charge in [-0.1, -0.05) is 0 Å². The van der Waals surface area contributed by atoms with Crippen LogP contribution < -0.4 is 14.5 Å². The number of halogens is 1. The number of carbonyl (C=O) groups is 1. The van der Waals surface area contributed by atoms with Crippen LogP contribution in [0.3, 0.4) is 0 Å². The number of amides is 1. The summed E-state index contributed by atoms with van der Waals surface area (Å²) in [4.78, 5) is 13.9. The van der Waals surface area contributed by atoms with Gasteiger partial charge in [-0.2, -0.15) is 13.5 Å². The van der Waals surface area contributed by atoms with Crippen molar-refractivity contribution >= 4 is 27.9 Å². The van der Waals surface area contributed by atoms with E-state index in [0.29, 0.717) is 11.1 Å². The Morgan fingerprint density at radius 3 is 2.16 bits per heavy atom. The minimum absolute atomic E-state index is 0.0893. The van der Waals surface area contributed by atoms with Gasteiger partial charge in [0, 0.05) is 25.3 Å². The number of carbonyl (C=O) groups excluding carboxylic acids is 1. The van der Waals surface area contributed by atoms with Gasteiger partial charge in [-0.05, 0) is 78.4 Å². The van der Waals surface area contributed by atoms with Gasteiger partial charge in [-0.15, -0.1) is 0 Å². The van der Waals surface area contributed by atoms with Gasteiger partial charge in [0.05, 0.1) is 6.21 Å². The molecule has 0 bridgehead atoms. The largest absolute Gasteiger partial charge is 0.379 e. The molecular weight excluding hydrogens is 421 g/mol. The van der Waals surface area contributed by atoms with Crippen LogP contribution in [-0.2, 0) is 10.1 Å². The molecule has 0 saturated carbocycles. The zero-order chi connectivity index (χ0) is 22.4. The molecule has 1 amide bonds. The van der Waals surface area contributed by atoms with Crippen molar-refractivity contribution < 1.29 is 21.8 Å². The number of hydrazone groups is 1. The lowest BCUT2D eigenvalue weighted by atomic mass is 10.2. The molecule has 0 aliphatic carbocycles. The van der Waals surface area contributed by atoms with E-state index in [1.807, 2.05) is 31.1 Å². The molecule has 9 heteroatoms. The summed E-state index contributed by atoms with van der Waals surface area (Å²) in [6.07, 6.45) is 1.42. The van der Waals surface area contributed by atoms with Crippen LogP contribution in [0.4, 0.5) is 10.1 Å². The SMILES string of the molecule is CN(C)c1ccc(C(=O)N/N=C\c2ccc(OS(=O)(=O)c3ccc(F)cc3)cc2)cc1. The summed E-state index contributed by atoms with van der Waals surface area (Å²) in [6.45, 7) is 0. The number of hydrogen-bond acceptors (Lipinski definition) is 6. The molecule has 7 nitrogen and oxygen atoms in total. The zero-order valence-corrected chi connectivity index (χ0v) is 17.6. The summed E-state index contributed by atoms with van der Waals surface area (Å²) in [5.74, 6) is -0.807. The monoisotopic (exact) mass is 441 g/mol. The molecule has 0 saturated heterocycles. The first-order valence-corrected chi connectivity index (χ1v) is 10.6. The van der Waals surface area contributed by atoms with Crippen molar-refractivity contribution in [3.05, 3.63) is 89.7 Å². The minimum Gasteiger partial charge on any atom is -0.379 e. The minimum atomic E-state index is -4.07. The fraction of sp³-hybridized carbons (Fsp3) is 0.0909. The van der Waals surface area contributed by atoms with E-state index in [4.69, 9.17) is 4.18 Å². The predicted octanol–water partition coefficient (Wildman–Crippen LogP) is 3.42. The molecule has 0 unspecified atom stereocenters. The van der Waals surface area contributed by atoms with Crippen LogP contribution in [0.25, 0.3) is 0 Å². The predicted molar refractivity (Wildman–Crippen MR) is 116 cm³/mol. The van der Waals surface area contributed by atoms with E-state index >= 15 is 0 Å². The number of nitrogens with one attached hydrogen (secondary N) is 1. The second kappa shape index (κ2) is 9.40. The van der Waals surface area contributed by atoms with Gasteiger partial charge in [0.1, 0.15) is 16.5 Å². The number of rotatable bonds is 7. The van der Waals surface area contributed by atoms with Crippen molar-refractivity contribution in [2.24, 2.45) is 5.10 Å². The summed E-state index contributed by atoms with van der Waals surface area (Å²) in [5, 5.41) is 3.91. The molecule has 1 N–H and O–H groups in total. The highest BCUT2D eigenvalue weighted by Gasteiger charge is 2.16. The first-order chi connectivity index (χ1) is 14.7. The Kier molecular flexibility index (Phi) is 6.66. The van der Waals surface area contributed by atoms with Gasteiger partial charge in [-0.25, -0.2) is 9.82 Å². The van der Waals surface area contributed by atoms with Gasteiger partial charge in [0.2, 0.25) is 0 Å². The Balaban J connectivity index is 1.59. The molecule has 160 valence electrons. The molecule has 31 heavy (non-hydrogen) atoms. The summed E-state index contributed by atoms with van der Waals surface area (Å²) < 4.78 is 42.4. The quantitative estimate of drug-likeness (QED) is 0.345. The summed E-state index contributed by atoms with van der Waals surface area (Å²) >= 11 is 0. The second-order valence-corrected chi connectivity index (χ2v) is 8.25. The average molecular weight is 441 g/mol. The second-order valence-electron chi connectivity index (χ2n) is 6.70. The molecule has 0 heterocycles. The van der Waals surface area contributed by atoms with Crippen molar-refractivity contribution in [2.75, 3.05) is 19.0 Å². The van der Waals surface area contributed by atoms with Gasteiger partial charge in [0.25, 0.3) is 5.91 Å². The van der Waals surface area contributed by atoms with E-state index in [-0.39, 0.29) is 16.6 Å². The molecule has 0 spiro atoms. The van der Waals surface area contributed by atoms with Crippen molar-refractivity contribution in [2.45, 2.75) is 4.90 Å². The summed E-state index contributed by atoms with van der Waals surface area (Å²) in [6, 6.07) is 17.5. The van der Waals surface area contributed by atoms with E-state index in [2.05, 4.69) is 10.5 Å². The molecule has 3 rings (SSSR count). The van der Waals surface area contributed by atoms with Gasteiger partial charge >= 0.3 is 10.1 Å². The van der Waals surface area contributed by atoms with E-state index in [1.165, 1.54) is 18.3 Å². The highest BCUT2D eigenvalue weighted by atomic mass is 32.2. The van der Waals surface area contributed by atoms with Crippen molar-refractivity contribution in [3.8, 4) is 5.75 Å². The maximum Gasteiger partial charge on any atom is 0.339 e. The Morgan fingerprint density at radius 1 is 0.968 bits per heavy atom. The molecule has 0 atom stereocenters. The average Bonchev–Trinajstić information content (AvgIpc) is 2.75. The lowest BCUT2D eigenvalue weighted by molar-refractivity contribution is 0.0955. The van der Waals surface area contributed by atoms with Crippen LogP contribution in [0.15, 0.2) is 82.8 Å². The molecule has 0 aromatic heterocycles. The molecule has 3 aromatic carbocycles. The van der Waals surface area contributed by atoms with Crippen LogP contribution in [0.5, 0.6) is 5.75 Å². The standard InChI is InChI=1S/C22H20FN3O4S/c1-26(2)19-9-5-17(6-10-19)22(27)25-24-15-16-3-11-20(12-4-16)30-31(28,29)21-13-7-18(23)8-14-21/h3-15H,1-2H3,(H,25,27)/b24-15-. The normalized spacial score (nSPS) is 11.3.